The number of amides is 1. The first-order chi connectivity index (χ1) is 19.4. The molecule has 1 aromatic carbocycles. The Hall–Kier alpha value is -3.33. The Labute approximate surface area is 236 Å². The van der Waals surface area contributed by atoms with Gasteiger partial charge in [-0.15, -0.1) is 0 Å². The van der Waals surface area contributed by atoms with E-state index in [0.717, 1.165) is 0 Å². The number of ketones is 2. The predicted octanol–water partition coefficient (Wildman–Crippen LogP) is -1.35. The molecule has 1 saturated heterocycles. The summed E-state index contributed by atoms with van der Waals surface area (Å²) >= 11 is 0. The summed E-state index contributed by atoms with van der Waals surface area (Å²) in [6, 6.07) is 3.06. The minimum Gasteiger partial charge on any atom is -0.508 e. The molecule has 1 heterocycles. The van der Waals surface area contributed by atoms with E-state index in [1.165, 1.54) is 23.1 Å². The van der Waals surface area contributed by atoms with Crippen molar-refractivity contribution in [3.05, 3.63) is 46.2 Å². The van der Waals surface area contributed by atoms with Crippen molar-refractivity contribution in [1.29, 1.82) is 0 Å². The molecule has 1 aliphatic heterocycles. The molecule has 13 heteroatoms. The first kappa shape index (κ1) is 29.2. The molecule has 7 N–H and O–H groups in total. The maximum atomic E-state index is 14.0. The number of β-amino-alcohol motifs (C(OH)–C–C–N with tert-alkyl or cyclic N) is 1. The molecule has 0 spiro atoms. The molecule has 0 aromatic heterocycles. The number of phenolic OH excluding ortho intramolecular Hbond substituents is 1. The zero-order valence-electron chi connectivity index (χ0n) is 22.9. The van der Waals surface area contributed by atoms with Crippen LogP contribution in [0.15, 0.2) is 35.1 Å². The molecular formula is C28H36N4O9. The van der Waals surface area contributed by atoms with Crippen LogP contribution >= 0.6 is 0 Å². The number of hydrogen-bond donors (Lipinski definition) is 7. The summed E-state index contributed by atoms with van der Waals surface area (Å²) in [5.74, 6) is -7.28. The topological polar surface area (TPSA) is 194 Å². The van der Waals surface area contributed by atoms with Gasteiger partial charge in [-0.05, 0) is 32.1 Å². The van der Waals surface area contributed by atoms with Gasteiger partial charge in [0.1, 0.15) is 22.8 Å². The minimum absolute atomic E-state index is 0.0456. The molecule has 5 unspecified atom stereocenters. The molecular weight excluding hydrogens is 536 g/mol. The number of Topliss-reactive ketones (excluding diaryl/α,β-unsaturated/α-hetero) is 2. The Bertz CT molecular complexity index is 1330. The Morgan fingerprint density at radius 1 is 1.10 bits per heavy atom. The number of rotatable bonds is 6. The number of piperazine rings is 1. The molecule has 3 aliphatic carbocycles. The zero-order valence-corrected chi connectivity index (χ0v) is 22.9. The van der Waals surface area contributed by atoms with Gasteiger partial charge in [-0.25, -0.2) is 0 Å². The van der Waals surface area contributed by atoms with Gasteiger partial charge in [-0.2, -0.15) is 0 Å². The number of aliphatic hydroxyl groups excluding tert-OH is 4. The monoisotopic (exact) mass is 572 g/mol. The average Bonchev–Trinajstić information content (AvgIpc) is 2.93. The maximum Gasteiger partial charge on any atom is 0.259 e. The first-order valence-electron chi connectivity index (χ1n) is 13.6. The lowest BCUT2D eigenvalue weighted by atomic mass is 9.57. The van der Waals surface area contributed by atoms with Crippen LogP contribution in [0.2, 0.25) is 0 Å². The Kier molecular flexibility index (Phi) is 7.70. The molecule has 13 nitrogen and oxygen atoms in total. The summed E-state index contributed by atoms with van der Waals surface area (Å²) in [5.41, 5.74) is -3.84. The number of nitrogens with one attached hydrogen (secondary N) is 1. The van der Waals surface area contributed by atoms with Crippen molar-refractivity contribution in [2.24, 2.45) is 11.8 Å². The zero-order chi connectivity index (χ0) is 29.8. The lowest BCUT2D eigenvalue weighted by Crippen LogP contribution is -2.66. The fourth-order valence-electron chi connectivity index (χ4n) is 6.76. The van der Waals surface area contributed by atoms with E-state index in [9.17, 15) is 39.9 Å². The molecule has 2 fully saturated rings. The van der Waals surface area contributed by atoms with Crippen LogP contribution in [0.4, 0.5) is 0 Å². The van der Waals surface area contributed by atoms with Crippen LogP contribution < -0.4 is 5.32 Å². The smallest absolute Gasteiger partial charge is 0.259 e. The van der Waals surface area contributed by atoms with Gasteiger partial charge in [0.15, 0.2) is 11.4 Å². The third kappa shape index (κ3) is 4.53. The number of aliphatic hydroxyl groups is 5. The molecule has 41 heavy (non-hydrogen) atoms. The van der Waals surface area contributed by atoms with Crippen molar-refractivity contribution in [2.75, 3.05) is 60.1 Å². The van der Waals surface area contributed by atoms with E-state index in [-0.39, 0.29) is 42.1 Å². The van der Waals surface area contributed by atoms with E-state index in [0.29, 0.717) is 32.7 Å². The van der Waals surface area contributed by atoms with Gasteiger partial charge in [0, 0.05) is 50.1 Å². The van der Waals surface area contributed by atoms with E-state index in [1.807, 2.05) is 4.90 Å². The van der Waals surface area contributed by atoms with Gasteiger partial charge in [0.05, 0.1) is 31.0 Å². The SMILES string of the molecule is CN(C)C1C(=O)C(C(=O)NCN2CCN(CCO)CC2)=C(O)C2(O)C(=O)C3=C(O)c4c(O)cccc4C(O)C3CC12. The fourth-order valence-corrected chi connectivity index (χ4v) is 6.76. The van der Waals surface area contributed by atoms with Crippen molar-refractivity contribution < 1.29 is 45.0 Å². The van der Waals surface area contributed by atoms with E-state index in [2.05, 4.69) is 10.2 Å². The third-order valence-electron chi connectivity index (χ3n) is 8.89. The van der Waals surface area contributed by atoms with Gasteiger partial charge < -0.3 is 36.0 Å². The summed E-state index contributed by atoms with van der Waals surface area (Å²) in [4.78, 5) is 46.5. The number of phenols is 1. The van der Waals surface area contributed by atoms with Gasteiger partial charge >= 0.3 is 0 Å². The highest BCUT2D eigenvalue weighted by Gasteiger charge is 2.65. The normalized spacial score (nSPS) is 30.8. The van der Waals surface area contributed by atoms with Gasteiger partial charge in [0.25, 0.3) is 5.91 Å². The second-order valence-electron chi connectivity index (χ2n) is 11.3. The molecule has 1 amide bonds. The summed E-state index contributed by atoms with van der Waals surface area (Å²) in [5, 5.41) is 67.6. The highest BCUT2D eigenvalue weighted by Crippen LogP contribution is 2.55. The van der Waals surface area contributed by atoms with Gasteiger partial charge in [-0.1, -0.05) is 12.1 Å². The maximum absolute atomic E-state index is 14.0. The highest BCUT2D eigenvalue weighted by molar-refractivity contribution is 6.25. The second kappa shape index (κ2) is 10.8. The number of aromatic hydroxyl groups is 1. The van der Waals surface area contributed by atoms with E-state index < -0.39 is 64.1 Å². The molecule has 0 bridgehead atoms. The number of likely N-dealkylation sites (N-methyl/N-ethyl adjacent to an activating group) is 1. The van der Waals surface area contributed by atoms with Gasteiger partial charge in [-0.3, -0.25) is 29.1 Å². The van der Waals surface area contributed by atoms with Crippen LogP contribution in [0.5, 0.6) is 5.75 Å². The quantitative estimate of drug-likeness (QED) is 0.199. The average molecular weight is 573 g/mol. The largest absolute Gasteiger partial charge is 0.508 e. The molecule has 1 aromatic rings. The molecule has 222 valence electrons. The summed E-state index contributed by atoms with van der Waals surface area (Å²) in [6.07, 6.45) is -1.52. The Morgan fingerprint density at radius 3 is 2.39 bits per heavy atom. The van der Waals surface area contributed by atoms with Crippen LogP contribution in [0, 0.1) is 11.8 Å². The van der Waals surface area contributed by atoms with Crippen LogP contribution in [0.25, 0.3) is 5.76 Å². The summed E-state index contributed by atoms with van der Waals surface area (Å²) in [6.45, 7) is 3.17. The standard InChI is InChI=1S/C28H36N4O9/c1-30(2)21-16-12-15-19(23(36)18-14(22(15)35)4-3-5-17(18)34)25(38)28(16,41)26(39)20(24(21)37)27(40)29-13-32-8-6-31(7-9-32)10-11-33/h3-5,15-16,21-22,33-36,39,41H,6-13H2,1-2H3,(H,29,40). The summed E-state index contributed by atoms with van der Waals surface area (Å²) in [7, 11) is 3.09. The summed E-state index contributed by atoms with van der Waals surface area (Å²) < 4.78 is 0. The number of benzene rings is 1. The van der Waals surface area contributed by atoms with Crippen molar-refractivity contribution >= 4 is 23.2 Å². The minimum atomic E-state index is -2.74. The lowest BCUT2D eigenvalue weighted by Gasteiger charge is -2.51. The molecule has 0 radical (unpaired) electrons. The van der Waals surface area contributed by atoms with Crippen LogP contribution in [0.1, 0.15) is 23.7 Å². The predicted molar refractivity (Wildman–Crippen MR) is 144 cm³/mol. The molecule has 5 atom stereocenters. The number of carbonyl (C=O) groups is 3. The van der Waals surface area contributed by atoms with E-state index >= 15 is 0 Å². The van der Waals surface area contributed by atoms with E-state index in [1.54, 1.807) is 14.1 Å². The number of nitrogens with zero attached hydrogens (tertiary/aromatic N) is 3. The van der Waals surface area contributed by atoms with Gasteiger partial charge in [0.2, 0.25) is 5.78 Å². The Morgan fingerprint density at radius 2 is 1.76 bits per heavy atom. The molecule has 1 saturated carbocycles. The number of hydrogen-bond acceptors (Lipinski definition) is 12. The van der Waals surface area contributed by atoms with E-state index in [4.69, 9.17) is 5.11 Å². The van der Waals surface area contributed by atoms with Crippen molar-refractivity contribution in [3.8, 4) is 5.75 Å². The van der Waals surface area contributed by atoms with Crippen LogP contribution in [-0.2, 0) is 14.4 Å². The second-order valence-corrected chi connectivity index (χ2v) is 11.3. The van der Waals surface area contributed by atoms with Crippen molar-refractivity contribution in [3.63, 3.8) is 0 Å². The highest BCUT2D eigenvalue weighted by atomic mass is 16.3. The van der Waals surface area contributed by atoms with Crippen LogP contribution in [0.3, 0.4) is 0 Å². The van der Waals surface area contributed by atoms with Crippen LogP contribution in [-0.4, -0.2) is 135 Å². The van der Waals surface area contributed by atoms with Crippen molar-refractivity contribution in [1.82, 2.24) is 20.0 Å². The lowest BCUT2D eigenvalue weighted by molar-refractivity contribution is -0.156. The first-order valence-corrected chi connectivity index (χ1v) is 13.6. The Balaban J connectivity index is 1.50. The third-order valence-corrected chi connectivity index (χ3v) is 8.89. The fraction of sp³-hybridized carbons (Fsp3) is 0.536. The molecule has 5 rings (SSSR count). The molecule has 4 aliphatic rings. The number of carbonyl (C=O) groups excluding carboxylic acids is 3. The van der Waals surface area contributed by atoms with Crippen molar-refractivity contribution in [2.45, 2.75) is 24.2 Å². The number of fused-ring (bicyclic) bond motifs is 3.